The van der Waals surface area contributed by atoms with Crippen molar-refractivity contribution in [2.75, 3.05) is 11.8 Å². The van der Waals surface area contributed by atoms with E-state index in [-0.39, 0.29) is 10.6 Å². The number of nitrogens with zero attached hydrogens (tertiary/aromatic N) is 1. The second kappa shape index (κ2) is 6.75. The monoisotopic (exact) mass is 380 g/mol. The normalized spacial score (nSPS) is 11.4. The third kappa shape index (κ3) is 3.52. The van der Waals surface area contributed by atoms with Crippen molar-refractivity contribution in [2.24, 2.45) is 0 Å². The molecule has 6 nitrogen and oxygen atoms in total. The summed E-state index contributed by atoms with van der Waals surface area (Å²) in [6.45, 7) is 1.72. The standard InChI is InChI=1S/C17H14F2N2O4S/c1-10-7-16(25-20-10)11-3-6-15(24-2)17(8-11)26(22,23)21-14-9-12(18)4-5-13(14)19/h3-9,21H,1-2H3. The summed E-state index contributed by atoms with van der Waals surface area (Å²) in [6.07, 6.45) is 0. The van der Waals surface area contributed by atoms with Gasteiger partial charge in [0.15, 0.2) is 5.76 Å². The number of halogens is 2. The number of nitrogens with one attached hydrogen (secondary N) is 1. The lowest BCUT2D eigenvalue weighted by Crippen LogP contribution is -2.15. The number of benzene rings is 2. The minimum atomic E-state index is -4.26. The molecule has 136 valence electrons. The van der Waals surface area contributed by atoms with E-state index in [1.807, 2.05) is 4.72 Å². The molecule has 0 fully saturated rings. The van der Waals surface area contributed by atoms with Crippen molar-refractivity contribution in [1.82, 2.24) is 5.16 Å². The number of ether oxygens (including phenoxy) is 1. The zero-order valence-corrected chi connectivity index (χ0v) is 14.6. The van der Waals surface area contributed by atoms with Gasteiger partial charge in [0.05, 0.1) is 18.5 Å². The molecule has 0 radical (unpaired) electrons. The van der Waals surface area contributed by atoms with Gasteiger partial charge in [-0.15, -0.1) is 0 Å². The van der Waals surface area contributed by atoms with E-state index >= 15 is 0 Å². The van der Waals surface area contributed by atoms with E-state index in [9.17, 15) is 17.2 Å². The first-order chi connectivity index (χ1) is 12.3. The fourth-order valence-electron chi connectivity index (χ4n) is 2.32. The Kier molecular flexibility index (Phi) is 4.64. The second-order valence-corrected chi connectivity index (χ2v) is 7.08. The highest BCUT2D eigenvalue weighted by Gasteiger charge is 2.23. The number of sulfonamides is 1. The summed E-state index contributed by atoms with van der Waals surface area (Å²) in [5, 5.41) is 3.75. The maximum atomic E-state index is 13.8. The highest BCUT2D eigenvalue weighted by Crippen LogP contribution is 2.32. The molecule has 0 unspecified atom stereocenters. The third-order valence-corrected chi connectivity index (χ3v) is 4.93. The van der Waals surface area contributed by atoms with Crippen molar-refractivity contribution in [3.05, 3.63) is 59.8 Å². The molecule has 0 spiro atoms. The van der Waals surface area contributed by atoms with Crippen LogP contribution in [0.5, 0.6) is 5.75 Å². The summed E-state index contributed by atoms with van der Waals surface area (Å²) in [5.74, 6) is -1.29. The lowest BCUT2D eigenvalue weighted by atomic mass is 10.1. The predicted molar refractivity (Wildman–Crippen MR) is 90.4 cm³/mol. The van der Waals surface area contributed by atoms with Crippen LogP contribution in [-0.4, -0.2) is 20.7 Å². The van der Waals surface area contributed by atoms with Crippen molar-refractivity contribution in [3.8, 4) is 17.1 Å². The summed E-state index contributed by atoms with van der Waals surface area (Å²) >= 11 is 0. The fraction of sp³-hybridized carbons (Fsp3) is 0.118. The Bertz CT molecular complexity index is 1060. The van der Waals surface area contributed by atoms with E-state index < -0.39 is 27.3 Å². The third-order valence-electron chi connectivity index (χ3n) is 3.54. The quantitative estimate of drug-likeness (QED) is 0.729. The minimum absolute atomic E-state index is 0.0364. The molecule has 0 saturated heterocycles. The van der Waals surface area contributed by atoms with Crippen molar-refractivity contribution in [1.29, 1.82) is 0 Å². The SMILES string of the molecule is COc1ccc(-c2cc(C)no2)cc1S(=O)(=O)Nc1cc(F)ccc1F. The van der Waals surface area contributed by atoms with Crippen molar-refractivity contribution >= 4 is 15.7 Å². The summed E-state index contributed by atoms with van der Waals surface area (Å²) < 4.78 is 64.8. The van der Waals surface area contributed by atoms with E-state index in [0.29, 0.717) is 17.0 Å². The number of aryl methyl sites for hydroxylation is 1. The topological polar surface area (TPSA) is 81.4 Å². The van der Waals surface area contributed by atoms with Crippen LogP contribution >= 0.6 is 0 Å². The average Bonchev–Trinajstić information content (AvgIpc) is 3.04. The smallest absolute Gasteiger partial charge is 0.265 e. The molecule has 0 aliphatic rings. The first kappa shape index (κ1) is 17.9. The molecular formula is C17H14F2N2O4S. The van der Waals surface area contributed by atoms with Crippen molar-refractivity contribution in [3.63, 3.8) is 0 Å². The van der Waals surface area contributed by atoms with Crippen LogP contribution in [0, 0.1) is 18.6 Å². The Morgan fingerprint density at radius 1 is 1.12 bits per heavy atom. The fourth-order valence-corrected chi connectivity index (χ4v) is 3.57. The van der Waals surface area contributed by atoms with E-state index in [0.717, 1.165) is 18.2 Å². The van der Waals surface area contributed by atoms with Crippen LogP contribution in [0.15, 0.2) is 51.9 Å². The van der Waals surface area contributed by atoms with Gasteiger partial charge in [-0.2, -0.15) is 0 Å². The molecule has 1 heterocycles. The molecule has 0 aliphatic carbocycles. The second-order valence-electron chi connectivity index (χ2n) is 5.43. The zero-order valence-electron chi connectivity index (χ0n) is 13.8. The summed E-state index contributed by atoms with van der Waals surface area (Å²) in [6, 6.07) is 8.45. The Balaban J connectivity index is 2.06. The summed E-state index contributed by atoms with van der Waals surface area (Å²) in [7, 11) is -2.96. The summed E-state index contributed by atoms with van der Waals surface area (Å²) in [4.78, 5) is -0.254. The molecule has 3 aromatic rings. The Hall–Kier alpha value is -2.94. The number of aromatic nitrogens is 1. The lowest BCUT2D eigenvalue weighted by molar-refractivity contribution is 0.402. The van der Waals surface area contributed by atoms with Crippen LogP contribution in [0.3, 0.4) is 0 Å². The molecule has 26 heavy (non-hydrogen) atoms. The van der Waals surface area contributed by atoms with Crippen LogP contribution in [0.25, 0.3) is 11.3 Å². The number of anilines is 1. The number of methoxy groups -OCH3 is 1. The first-order valence-electron chi connectivity index (χ1n) is 7.40. The molecule has 2 aromatic carbocycles. The Labute approximate surface area is 148 Å². The minimum Gasteiger partial charge on any atom is -0.495 e. The number of hydrogen-bond acceptors (Lipinski definition) is 5. The highest BCUT2D eigenvalue weighted by molar-refractivity contribution is 7.92. The molecule has 0 aliphatic heterocycles. The summed E-state index contributed by atoms with van der Waals surface area (Å²) in [5.41, 5.74) is 0.555. The van der Waals surface area contributed by atoms with Gasteiger partial charge >= 0.3 is 0 Å². The van der Waals surface area contributed by atoms with Gasteiger partial charge in [-0.1, -0.05) is 5.16 Å². The molecule has 9 heteroatoms. The molecule has 0 amide bonds. The average molecular weight is 380 g/mol. The molecule has 1 N–H and O–H groups in total. The first-order valence-corrected chi connectivity index (χ1v) is 8.88. The van der Waals surface area contributed by atoms with Crippen LogP contribution in [0.2, 0.25) is 0 Å². The molecule has 0 bridgehead atoms. The van der Waals surface area contributed by atoms with Gasteiger partial charge in [0.25, 0.3) is 10.0 Å². The molecule has 3 rings (SSSR count). The van der Waals surface area contributed by atoms with Crippen molar-refractivity contribution < 1.29 is 26.5 Å². The van der Waals surface area contributed by atoms with E-state index in [2.05, 4.69) is 5.16 Å². The van der Waals surface area contributed by atoms with Gasteiger partial charge in [0.2, 0.25) is 0 Å². The van der Waals surface area contributed by atoms with Crippen LogP contribution in [0.1, 0.15) is 5.69 Å². The molecule has 1 aromatic heterocycles. The highest BCUT2D eigenvalue weighted by atomic mass is 32.2. The Morgan fingerprint density at radius 3 is 2.54 bits per heavy atom. The van der Waals surface area contributed by atoms with Crippen LogP contribution in [0.4, 0.5) is 14.5 Å². The molecular weight excluding hydrogens is 366 g/mol. The van der Waals surface area contributed by atoms with E-state index in [1.165, 1.54) is 19.2 Å². The Morgan fingerprint density at radius 2 is 1.88 bits per heavy atom. The maximum absolute atomic E-state index is 13.8. The van der Waals surface area contributed by atoms with Crippen molar-refractivity contribution in [2.45, 2.75) is 11.8 Å². The lowest BCUT2D eigenvalue weighted by Gasteiger charge is -2.13. The van der Waals surface area contributed by atoms with Gasteiger partial charge in [0.1, 0.15) is 22.3 Å². The van der Waals surface area contributed by atoms with Gasteiger partial charge in [0, 0.05) is 17.7 Å². The van der Waals surface area contributed by atoms with Crippen LogP contribution in [-0.2, 0) is 10.0 Å². The van der Waals surface area contributed by atoms with Crippen LogP contribution < -0.4 is 9.46 Å². The maximum Gasteiger partial charge on any atom is 0.265 e. The zero-order chi connectivity index (χ0) is 18.9. The number of hydrogen-bond donors (Lipinski definition) is 1. The predicted octanol–water partition coefficient (Wildman–Crippen LogP) is 3.74. The molecule has 0 saturated carbocycles. The van der Waals surface area contributed by atoms with E-state index in [1.54, 1.807) is 19.1 Å². The largest absolute Gasteiger partial charge is 0.495 e. The van der Waals surface area contributed by atoms with Gasteiger partial charge < -0.3 is 9.26 Å². The van der Waals surface area contributed by atoms with Gasteiger partial charge in [-0.25, -0.2) is 17.2 Å². The molecule has 0 atom stereocenters. The van der Waals surface area contributed by atoms with E-state index in [4.69, 9.17) is 9.26 Å². The van der Waals surface area contributed by atoms with Gasteiger partial charge in [-0.3, -0.25) is 4.72 Å². The number of rotatable bonds is 5. The van der Waals surface area contributed by atoms with Gasteiger partial charge in [-0.05, 0) is 37.3 Å².